The minimum absolute atomic E-state index is 0.0499. The van der Waals surface area contributed by atoms with Gasteiger partial charge in [0.1, 0.15) is 6.54 Å². The highest BCUT2D eigenvalue weighted by molar-refractivity contribution is 5.92. The van der Waals surface area contributed by atoms with Crippen molar-refractivity contribution in [1.82, 2.24) is 14.9 Å². The molecular weight excluding hydrogens is 336 g/mol. The first kappa shape index (κ1) is 19.2. The van der Waals surface area contributed by atoms with Crippen molar-refractivity contribution in [2.45, 2.75) is 33.4 Å². The van der Waals surface area contributed by atoms with Crippen LogP contribution in [0.2, 0.25) is 0 Å². The average Bonchev–Trinajstić information content (AvgIpc) is 2.62. The second kappa shape index (κ2) is 8.80. The largest absolute Gasteiger partial charge is 0.350 e. The van der Waals surface area contributed by atoms with E-state index in [-0.39, 0.29) is 30.8 Å². The van der Waals surface area contributed by atoms with Crippen LogP contribution >= 0.6 is 0 Å². The summed E-state index contributed by atoms with van der Waals surface area (Å²) < 4.78 is 1.11. The summed E-state index contributed by atoms with van der Waals surface area (Å²) in [5, 5.41) is 5.54. The van der Waals surface area contributed by atoms with E-state index in [9.17, 15) is 19.2 Å². The van der Waals surface area contributed by atoms with Gasteiger partial charge in [0, 0.05) is 30.4 Å². The Hall–Kier alpha value is -3.16. The summed E-state index contributed by atoms with van der Waals surface area (Å²) in [6.45, 7) is 3.87. The molecule has 3 N–H and O–H groups in total. The Balaban J connectivity index is 1.93. The van der Waals surface area contributed by atoms with Gasteiger partial charge in [0.05, 0.1) is 0 Å². The fourth-order valence-electron chi connectivity index (χ4n) is 2.19. The lowest BCUT2D eigenvalue weighted by Crippen LogP contribution is -2.35. The van der Waals surface area contributed by atoms with Crippen LogP contribution in [-0.2, 0) is 22.7 Å². The highest BCUT2D eigenvalue weighted by Crippen LogP contribution is 2.13. The lowest BCUT2D eigenvalue weighted by Gasteiger charge is -2.11. The molecule has 138 valence electrons. The van der Waals surface area contributed by atoms with Gasteiger partial charge in [0.2, 0.25) is 11.8 Å². The maximum atomic E-state index is 12.0. The van der Waals surface area contributed by atoms with Crippen molar-refractivity contribution < 1.29 is 9.59 Å². The van der Waals surface area contributed by atoms with E-state index < -0.39 is 11.2 Å². The third kappa shape index (κ3) is 5.44. The minimum Gasteiger partial charge on any atom is -0.350 e. The standard InChI is InChI=1S/C18H22N4O4/c1-3-12(2)17(25)20-14-6-4-5-13(9-14)10-19-16(24)11-22-8-7-15(23)21-18(22)26/h4-9,12H,3,10-11H2,1-2H3,(H,19,24)(H,20,25)(H,21,23,26). The Bertz CT molecular complexity index is 900. The van der Waals surface area contributed by atoms with Crippen LogP contribution in [0.1, 0.15) is 25.8 Å². The number of carbonyl (C=O) groups is 2. The number of aromatic nitrogens is 2. The van der Waals surface area contributed by atoms with Gasteiger partial charge in [-0.05, 0) is 24.1 Å². The lowest BCUT2D eigenvalue weighted by atomic mass is 10.1. The lowest BCUT2D eigenvalue weighted by molar-refractivity contribution is -0.122. The highest BCUT2D eigenvalue weighted by Gasteiger charge is 2.11. The number of carbonyl (C=O) groups excluding carboxylic acids is 2. The molecule has 1 heterocycles. The third-order valence-corrected chi connectivity index (χ3v) is 3.95. The Labute approximate surface area is 150 Å². The van der Waals surface area contributed by atoms with Crippen LogP contribution in [0.5, 0.6) is 0 Å². The number of hydrogen-bond acceptors (Lipinski definition) is 4. The normalized spacial score (nSPS) is 11.6. The second-order valence-corrected chi connectivity index (χ2v) is 6.01. The predicted molar refractivity (Wildman–Crippen MR) is 97.7 cm³/mol. The van der Waals surface area contributed by atoms with Crippen LogP contribution in [0, 0.1) is 5.92 Å². The maximum Gasteiger partial charge on any atom is 0.328 e. The molecule has 2 amide bonds. The summed E-state index contributed by atoms with van der Waals surface area (Å²) >= 11 is 0. The molecule has 0 aliphatic heterocycles. The maximum absolute atomic E-state index is 12.0. The van der Waals surface area contributed by atoms with Crippen LogP contribution < -0.4 is 21.9 Å². The van der Waals surface area contributed by atoms with Crippen molar-refractivity contribution in [3.8, 4) is 0 Å². The minimum atomic E-state index is -0.637. The smallest absolute Gasteiger partial charge is 0.328 e. The van der Waals surface area contributed by atoms with Gasteiger partial charge in [-0.2, -0.15) is 0 Å². The number of hydrogen-bond donors (Lipinski definition) is 3. The number of nitrogens with one attached hydrogen (secondary N) is 3. The van der Waals surface area contributed by atoms with Gasteiger partial charge in [-0.3, -0.25) is 23.9 Å². The summed E-state index contributed by atoms with van der Waals surface area (Å²) in [4.78, 5) is 48.6. The Morgan fingerprint density at radius 1 is 1.23 bits per heavy atom. The zero-order chi connectivity index (χ0) is 19.1. The molecule has 0 saturated carbocycles. The number of amides is 2. The van der Waals surface area contributed by atoms with Crippen molar-refractivity contribution >= 4 is 17.5 Å². The van der Waals surface area contributed by atoms with E-state index in [4.69, 9.17) is 0 Å². The molecule has 1 aromatic heterocycles. The summed E-state index contributed by atoms with van der Waals surface area (Å²) in [5.41, 5.74) is 0.332. The van der Waals surface area contributed by atoms with Crippen molar-refractivity contribution in [3.63, 3.8) is 0 Å². The fraction of sp³-hybridized carbons (Fsp3) is 0.333. The number of nitrogens with zero attached hydrogens (tertiary/aromatic N) is 1. The molecule has 0 radical (unpaired) electrons. The summed E-state index contributed by atoms with van der Waals surface area (Å²) in [6, 6.07) is 8.36. The van der Waals surface area contributed by atoms with Crippen molar-refractivity contribution in [2.75, 3.05) is 5.32 Å². The van der Waals surface area contributed by atoms with E-state index in [1.54, 1.807) is 18.2 Å². The van der Waals surface area contributed by atoms with E-state index in [1.165, 1.54) is 12.3 Å². The zero-order valence-corrected chi connectivity index (χ0v) is 14.7. The summed E-state index contributed by atoms with van der Waals surface area (Å²) in [5.74, 6) is -0.492. The monoisotopic (exact) mass is 358 g/mol. The number of H-pyrrole nitrogens is 1. The molecule has 8 nitrogen and oxygen atoms in total. The van der Waals surface area contributed by atoms with Gasteiger partial charge in [-0.15, -0.1) is 0 Å². The van der Waals surface area contributed by atoms with Gasteiger partial charge in [-0.1, -0.05) is 26.0 Å². The second-order valence-electron chi connectivity index (χ2n) is 6.01. The molecule has 2 rings (SSSR count). The van der Waals surface area contributed by atoms with Gasteiger partial charge in [-0.25, -0.2) is 4.79 Å². The molecule has 0 aliphatic rings. The van der Waals surface area contributed by atoms with E-state index in [1.807, 2.05) is 19.9 Å². The highest BCUT2D eigenvalue weighted by atomic mass is 16.2. The van der Waals surface area contributed by atoms with Crippen LogP contribution in [0.25, 0.3) is 0 Å². The first-order valence-corrected chi connectivity index (χ1v) is 8.35. The molecule has 0 spiro atoms. The van der Waals surface area contributed by atoms with Gasteiger partial charge < -0.3 is 10.6 Å². The number of aromatic amines is 1. The van der Waals surface area contributed by atoms with Gasteiger partial charge in [0.15, 0.2) is 0 Å². The number of rotatable bonds is 7. The van der Waals surface area contributed by atoms with E-state index in [2.05, 4.69) is 15.6 Å². The number of benzene rings is 1. The van der Waals surface area contributed by atoms with Crippen molar-refractivity contribution in [3.05, 3.63) is 62.9 Å². The predicted octanol–water partition coefficient (Wildman–Crippen LogP) is 0.838. The van der Waals surface area contributed by atoms with Crippen molar-refractivity contribution in [1.29, 1.82) is 0 Å². The number of anilines is 1. The van der Waals surface area contributed by atoms with Gasteiger partial charge >= 0.3 is 5.69 Å². The molecule has 1 aromatic carbocycles. The molecular formula is C18H22N4O4. The zero-order valence-electron chi connectivity index (χ0n) is 14.7. The molecule has 0 fully saturated rings. The molecule has 1 unspecified atom stereocenters. The Morgan fingerprint density at radius 2 is 2.00 bits per heavy atom. The first-order chi connectivity index (χ1) is 12.4. The molecule has 8 heteroatoms. The SMILES string of the molecule is CCC(C)C(=O)Nc1cccc(CNC(=O)Cn2ccc(=O)[nH]c2=O)c1. The summed E-state index contributed by atoms with van der Waals surface area (Å²) in [7, 11) is 0. The van der Waals surface area contributed by atoms with E-state index >= 15 is 0 Å². The van der Waals surface area contributed by atoms with Gasteiger partial charge in [0.25, 0.3) is 5.56 Å². The average molecular weight is 358 g/mol. The quantitative estimate of drug-likeness (QED) is 0.680. The van der Waals surface area contributed by atoms with Crippen molar-refractivity contribution in [2.24, 2.45) is 5.92 Å². The van der Waals surface area contributed by atoms with Crippen LogP contribution in [-0.4, -0.2) is 21.4 Å². The molecule has 26 heavy (non-hydrogen) atoms. The third-order valence-electron chi connectivity index (χ3n) is 3.95. The van der Waals surface area contributed by atoms with E-state index in [0.717, 1.165) is 16.6 Å². The fourth-order valence-corrected chi connectivity index (χ4v) is 2.19. The van der Waals surface area contributed by atoms with Crippen LogP contribution in [0.15, 0.2) is 46.1 Å². The Morgan fingerprint density at radius 3 is 2.69 bits per heavy atom. The topological polar surface area (TPSA) is 113 Å². The van der Waals surface area contributed by atoms with E-state index in [0.29, 0.717) is 5.69 Å². The summed E-state index contributed by atoms with van der Waals surface area (Å²) in [6.07, 6.45) is 2.03. The Kier molecular flexibility index (Phi) is 6.48. The van der Waals surface area contributed by atoms with Crippen LogP contribution in [0.4, 0.5) is 5.69 Å². The molecule has 0 bridgehead atoms. The van der Waals surface area contributed by atoms with Crippen LogP contribution in [0.3, 0.4) is 0 Å². The molecule has 0 saturated heterocycles. The molecule has 2 aromatic rings. The molecule has 0 aliphatic carbocycles. The first-order valence-electron chi connectivity index (χ1n) is 8.35. The molecule has 1 atom stereocenters.